The van der Waals surface area contributed by atoms with Crippen LogP contribution in [0, 0.1) is 0 Å². The van der Waals surface area contributed by atoms with E-state index in [0.717, 1.165) is 24.3 Å². The summed E-state index contributed by atoms with van der Waals surface area (Å²) in [5.74, 6) is 0.880. The maximum Gasteiger partial charge on any atom is 0.134 e. The molecule has 0 bridgehead atoms. The van der Waals surface area contributed by atoms with Crippen molar-refractivity contribution in [3.05, 3.63) is 23.9 Å². The van der Waals surface area contributed by atoms with Crippen LogP contribution in [0.3, 0.4) is 0 Å². The summed E-state index contributed by atoms with van der Waals surface area (Å²) in [6.07, 6.45) is 5.63. The first kappa shape index (κ1) is 13.3. The topological polar surface area (TPSA) is 56.6 Å². The van der Waals surface area contributed by atoms with E-state index in [1.807, 2.05) is 12.1 Å². The van der Waals surface area contributed by atoms with Crippen molar-refractivity contribution in [2.24, 2.45) is 0 Å². The first-order chi connectivity index (χ1) is 8.74. The second-order valence-electron chi connectivity index (χ2n) is 4.95. The van der Waals surface area contributed by atoms with Crippen LogP contribution < -0.4 is 4.90 Å². The van der Waals surface area contributed by atoms with Gasteiger partial charge in [-0.1, -0.05) is 6.07 Å². The van der Waals surface area contributed by atoms with Crippen molar-refractivity contribution in [3.8, 4) is 0 Å². The Kier molecular flexibility index (Phi) is 4.55. The number of pyridine rings is 1. The number of nitrogens with zero attached hydrogens (tertiary/aromatic N) is 2. The summed E-state index contributed by atoms with van der Waals surface area (Å²) in [5.41, 5.74) is 0.877. The molecule has 1 aliphatic carbocycles. The highest BCUT2D eigenvalue weighted by atomic mass is 16.3. The smallest absolute Gasteiger partial charge is 0.134 e. The standard InChI is InChI=1S/C14H22N2O2/c1-11(18)13-7-3-8-15-14(13)16(9-4-10-17)12-5-2-6-12/h3,7-8,11-12,17-18H,2,4-6,9-10H2,1H3/t11-/m0/s1. The van der Waals surface area contributed by atoms with Gasteiger partial charge in [-0.25, -0.2) is 4.98 Å². The van der Waals surface area contributed by atoms with Gasteiger partial charge in [-0.15, -0.1) is 0 Å². The number of hydrogen-bond donors (Lipinski definition) is 2. The van der Waals surface area contributed by atoms with E-state index in [9.17, 15) is 5.11 Å². The molecule has 4 heteroatoms. The minimum absolute atomic E-state index is 0.195. The highest BCUT2D eigenvalue weighted by Gasteiger charge is 2.27. The average Bonchev–Trinajstić information content (AvgIpc) is 2.32. The van der Waals surface area contributed by atoms with Crippen molar-refractivity contribution in [2.75, 3.05) is 18.1 Å². The molecule has 1 fully saturated rings. The van der Waals surface area contributed by atoms with Crippen LogP contribution in [0.4, 0.5) is 5.82 Å². The lowest BCUT2D eigenvalue weighted by Gasteiger charge is -2.39. The van der Waals surface area contributed by atoms with Crippen LogP contribution in [-0.2, 0) is 0 Å². The van der Waals surface area contributed by atoms with Crippen LogP contribution in [0.2, 0.25) is 0 Å². The summed E-state index contributed by atoms with van der Waals surface area (Å²) in [7, 11) is 0. The summed E-state index contributed by atoms with van der Waals surface area (Å²) in [6, 6.07) is 4.30. The monoisotopic (exact) mass is 250 g/mol. The van der Waals surface area contributed by atoms with Crippen LogP contribution in [0.1, 0.15) is 44.3 Å². The molecule has 1 heterocycles. The Morgan fingerprint density at radius 3 is 2.83 bits per heavy atom. The van der Waals surface area contributed by atoms with E-state index in [2.05, 4.69) is 9.88 Å². The molecule has 1 aromatic heterocycles. The predicted molar refractivity (Wildman–Crippen MR) is 71.6 cm³/mol. The minimum Gasteiger partial charge on any atom is -0.396 e. The van der Waals surface area contributed by atoms with Gasteiger partial charge in [0.1, 0.15) is 5.82 Å². The number of rotatable bonds is 6. The Bertz CT molecular complexity index is 378. The molecule has 0 aromatic carbocycles. The van der Waals surface area contributed by atoms with Crippen LogP contribution in [0.5, 0.6) is 0 Å². The Morgan fingerprint density at radius 1 is 1.50 bits per heavy atom. The third-order valence-corrected chi connectivity index (χ3v) is 3.61. The zero-order valence-electron chi connectivity index (χ0n) is 10.9. The maximum absolute atomic E-state index is 9.84. The SMILES string of the molecule is C[C@H](O)c1cccnc1N(CCCO)C1CCC1. The van der Waals surface area contributed by atoms with Gasteiger partial charge >= 0.3 is 0 Å². The maximum atomic E-state index is 9.84. The van der Waals surface area contributed by atoms with E-state index in [1.165, 1.54) is 19.3 Å². The molecule has 1 saturated carbocycles. The van der Waals surface area contributed by atoms with Crippen molar-refractivity contribution >= 4 is 5.82 Å². The zero-order chi connectivity index (χ0) is 13.0. The van der Waals surface area contributed by atoms with E-state index in [4.69, 9.17) is 5.11 Å². The Morgan fingerprint density at radius 2 is 2.28 bits per heavy atom. The Hall–Kier alpha value is -1.13. The molecule has 0 unspecified atom stereocenters. The molecule has 0 spiro atoms. The van der Waals surface area contributed by atoms with Crippen LogP contribution in [-0.4, -0.2) is 34.4 Å². The van der Waals surface area contributed by atoms with Gasteiger partial charge in [0.25, 0.3) is 0 Å². The molecule has 2 N–H and O–H groups in total. The second-order valence-corrected chi connectivity index (χ2v) is 4.95. The largest absolute Gasteiger partial charge is 0.396 e. The van der Waals surface area contributed by atoms with E-state index in [0.29, 0.717) is 6.04 Å². The first-order valence-corrected chi connectivity index (χ1v) is 6.74. The molecule has 0 saturated heterocycles. The van der Waals surface area contributed by atoms with E-state index in [1.54, 1.807) is 13.1 Å². The summed E-state index contributed by atoms with van der Waals surface area (Å²) in [5, 5.41) is 18.9. The highest BCUT2D eigenvalue weighted by molar-refractivity contribution is 5.49. The summed E-state index contributed by atoms with van der Waals surface area (Å²) in [6.45, 7) is 2.77. The van der Waals surface area contributed by atoms with Gasteiger partial charge in [0.2, 0.25) is 0 Å². The van der Waals surface area contributed by atoms with Gasteiger partial charge < -0.3 is 15.1 Å². The summed E-state index contributed by atoms with van der Waals surface area (Å²) >= 11 is 0. The predicted octanol–water partition coefficient (Wildman–Crippen LogP) is 1.88. The van der Waals surface area contributed by atoms with Crippen LogP contribution in [0.25, 0.3) is 0 Å². The molecule has 1 atom stereocenters. The third-order valence-electron chi connectivity index (χ3n) is 3.61. The van der Waals surface area contributed by atoms with Gasteiger partial charge in [0, 0.05) is 31.0 Å². The van der Waals surface area contributed by atoms with Gasteiger partial charge in [-0.2, -0.15) is 0 Å². The second kappa shape index (κ2) is 6.16. The number of aliphatic hydroxyl groups is 2. The first-order valence-electron chi connectivity index (χ1n) is 6.74. The van der Waals surface area contributed by atoms with Gasteiger partial charge in [-0.05, 0) is 38.7 Å². The lowest BCUT2D eigenvalue weighted by atomic mass is 9.91. The quantitative estimate of drug-likeness (QED) is 0.809. The molecule has 1 aromatic rings. The molecule has 100 valence electrons. The fourth-order valence-electron chi connectivity index (χ4n) is 2.38. The summed E-state index contributed by atoms with van der Waals surface area (Å²) in [4.78, 5) is 6.69. The van der Waals surface area contributed by atoms with Crippen LogP contribution in [0.15, 0.2) is 18.3 Å². The Labute approximate surface area is 108 Å². The number of aromatic nitrogens is 1. The van der Waals surface area contributed by atoms with Crippen molar-refractivity contribution in [3.63, 3.8) is 0 Å². The normalized spacial score (nSPS) is 17.3. The molecule has 0 amide bonds. The third kappa shape index (κ3) is 2.82. The van der Waals surface area contributed by atoms with Crippen molar-refractivity contribution in [2.45, 2.75) is 44.8 Å². The average molecular weight is 250 g/mol. The zero-order valence-corrected chi connectivity index (χ0v) is 10.9. The molecule has 0 aliphatic heterocycles. The highest BCUT2D eigenvalue weighted by Crippen LogP contribution is 2.32. The lowest BCUT2D eigenvalue weighted by molar-refractivity contribution is 0.198. The molecule has 2 rings (SSSR count). The Balaban J connectivity index is 2.23. The molecule has 18 heavy (non-hydrogen) atoms. The van der Waals surface area contributed by atoms with E-state index in [-0.39, 0.29) is 6.61 Å². The van der Waals surface area contributed by atoms with Crippen molar-refractivity contribution in [1.82, 2.24) is 4.98 Å². The lowest BCUT2D eigenvalue weighted by Crippen LogP contribution is -2.42. The minimum atomic E-state index is -0.509. The molecular weight excluding hydrogens is 228 g/mol. The number of hydrogen-bond acceptors (Lipinski definition) is 4. The van der Waals surface area contributed by atoms with Gasteiger partial charge in [0.05, 0.1) is 6.10 Å². The van der Waals surface area contributed by atoms with Crippen molar-refractivity contribution in [1.29, 1.82) is 0 Å². The molecular formula is C14H22N2O2. The van der Waals surface area contributed by atoms with E-state index >= 15 is 0 Å². The summed E-state index contributed by atoms with van der Waals surface area (Å²) < 4.78 is 0. The molecule has 1 aliphatic rings. The van der Waals surface area contributed by atoms with Gasteiger partial charge in [-0.3, -0.25) is 0 Å². The molecule has 4 nitrogen and oxygen atoms in total. The van der Waals surface area contributed by atoms with Crippen LogP contribution >= 0.6 is 0 Å². The fraction of sp³-hybridized carbons (Fsp3) is 0.643. The van der Waals surface area contributed by atoms with Crippen molar-refractivity contribution < 1.29 is 10.2 Å². The molecule has 0 radical (unpaired) electrons. The number of aliphatic hydroxyl groups excluding tert-OH is 2. The van der Waals surface area contributed by atoms with E-state index < -0.39 is 6.10 Å². The van der Waals surface area contributed by atoms with Gasteiger partial charge in [0.15, 0.2) is 0 Å². The number of anilines is 1. The fourth-order valence-corrected chi connectivity index (χ4v) is 2.38.